The molecule has 21 heavy (non-hydrogen) atoms. The van der Waals surface area contributed by atoms with Gasteiger partial charge >= 0.3 is 0 Å². The van der Waals surface area contributed by atoms with E-state index in [1.165, 1.54) is 11.3 Å². The molecule has 1 aliphatic carbocycles. The number of carbonyl (C=O) groups is 1. The summed E-state index contributed by atoms with van der Waals surface area (Å²) in [4.78, 5) is 14.1. The number of hydrogen-bond acceptors (Lipinski definition) is 4. The zero-order chi connectivity index (χ0) is 14.9. The number of nitrogens with one attached hydrogen (secondary N) is 1. The molecule has 5 nitrogen and oxygen atoms in total. The minimum Gasteiger partial charge on any atom is -0.342 e. The Hall–Kier alpha value is -0.920. The fourth-order valence-electron chi connectivity index (χ4n) is 2.83. The third-order valence-corrected chi connectivity index (χ3v) is 7.26. The molecule has 0 spiro atoms. The van der Waals surface area contributed by atoms with E-state index < -0.39 is 10.0 Å². The summed E-state index contributed by atoms with van der Waals surface area (Å²) in [7, 11) is -3.40. The van der Waals surface area contributed by atoms with Gasteiger partial charge in [-0.2, -0.15) is 0 Å². The van der Waals surface area contributed by atoms with Gasteiger partial charge in [-0.05, 0) is 37.1 Å². The topological polar surface area (TPSA) is 66.5 Å². The quantitative estimate of drug-likeness (QED) is 0.917. The summed E-state index contributed by atoms with van der Waals surface area (Å²) in [5.74, 6) is 0.491. The fraction of sp³-hybridized carbons (Fsp3) is 0.643. The minimum absolute atomic E-state index is 0.0671. The normalized spacial score (nSPS) is 21.2. The van der Waals surface area contributed by atoms with Crippen LogP contribution in [0.5, 0.6) is 0 Å². The number of nitrogens with zero attached hydrogens (tertiary/aromatic N) is 1. The number of hydrogen-bond donors (Lipinski definition) is 1. The molecule has 1 N–H and O–H groups in total. The van der Waals surface area contributed by atoms with Crippen molar-refractivity contribution < 1.29 is 13.2 Å². The van der Waals surface area contributed by atoms with Crippen LogP contribution in [0, 0.1) is 5.92 Å². The molecule has 116 valence electrons. The Morgan fingerprint density at radius 3 is 2.48 bits per heavy atom. The molecule has 1 aromatic heterocycles. The maximum Gasteiger partial charge on any atom is 0.250 e. The van der Waals surface area contributed by atoms with E-state index >= 15 is 0 Å². The van der Waals surface area contributed by atoms with Gasteiger partial charge in [-0.1, -0.05) is 12.5 Å². The van der Waals surface area contributed by atoms with Gasteiger partial charge in [0.25, 0.3) is 0 Å². The van der Waals surface area contributed by atoms with Crippen molar-refractivity contribution in [2.75, 3.05) is 13.1 Å². The second-order valence-corrected chi connectivity index (χ2v) is 8.67. The van der Waals surface area contributed by atoms with Crippen LogP contribution < -0.4 is 4.72 Å². The summed E-state index contributed by atoms with van der Waals surface area (Å²) in [6, 6.07) is 3.28. The van der Waals surface area contributed by atoms with E-state index in [1.54, 1.807) is 17.5 Å². The second kappa shape index (κ2) is 6.06. The van der Waals surface area contributed by atoms with Crippen molar-refractivity contribution in [2.24, 2.45) is 5.92 Å². The molecule has 0 radical (unpaired) electrons. The summed E-state index contributed by atoms with van der Waals surface area (Å²) in [5.41, 5.74) is 0. The molecule has 2 heterocycles. The summed E-state index contributed by atoms with van der Waals surface area (Å²) >= 11 is 1.22. The largest absolute Gasteiger partial charge is 0.342 e. The number of piperidine rings is 1. The number of thiophene rings is 1. The lowest BCUT2D eigenvalue weighted by molar-refractivity contribution is -0.139. The molecule has 7 heteroatoms. The lowest BCUT2D eigenvalue weighted by atomic mass is 9.84. The van der Waals surface area contributed by atoms with Crippen LogP contribution in [0.25, 0.3) is 0 Å². The molecule has 0 aromatic carbocycles. The first-order valence-corrected chi connectivity index (χ1v) is 9.77. The van der Waals surface area contributed by atoms with Gasteiger partial charge in [0.1, 0.15) is 4.21 Å². The van der Waals surface area contributed by atoms with Crippen molar-refractivity contribution in [3.05, 3.63) is 17.5 Å². The average Bonchev–Trinajstić information content (AvgIpc) is 2.91. The second-order valence-electron chi connectivity index (χ2n) is 5.78. The van der Waals surface area contributed by atoms with Gasteiger partial charge in [0.05, 0.1) is 0 Å². The molecule has 1 amide bonds. The van der Waals surface area contributed by atoms with Gasteiger partial charge in [-0.3, -0.25) is 4.79 Å². The van der Waals surface area contributed by atoms with Gasteiger partial charge in [-0.15, -0.1) is 11.3 Å². The monoisotopic (exact) mass is 328 g/mol. The van der Waals surface area contributed by atoms with Crippen molar-refractivity contribution in [3.8, 4) is 0 Å². The van der Waals surface area contributed by atoms with Gasteiger partial charge in [-0.25, -0.2) is 13.1 Å². The van der Waals surface area contributed by atoms with Crippen LogP contribution in [0.4, 0.5) is 0 Å². The Balaban J connectivity index is 1.53. The Kier molecular flexibility index (Phi) is 4.33. The lowest BCUT2D eigenvalue weighted by Gasteiger charge is -2.36. The Morgan fingerprint density at radius 2 is 1.95 bits per heavy atom. The van der Waals surface area contributed by atoms with Crippen LogP contribution >= 0.6 is 11.3 Å². The van der Waals surface area contributed by atoms with Crippen molar-refractivity contribution >= 4 is 27.3 Å². The highest BCUT2D eigenvalue weighted by atomic mass is 32.2. The van der Waals surface area contributed by atoms with Crippen LogP contribution in [0.2, 0.25) is 0 Å². The van der Waals surface area contributed by atoms with Crippen molar-refractivity contribution in [3.63, 3.8) is 0 Å². The van der Waals surface area contributed by atoms with E-state index in [4.69, 9.17) is 0 Å². The van der Waals surface area contributed by atoms with Crippen LogP contribution in [-0.4, -0.2) is 38.4 Å². The molecule has 0 unspecified atom stereocenters. The molecule has 0 bridgehead atoms. The standard InChI is InChI=1S/C14H20N2O3S2/c17-14(11-3-1-4-11)16-8-6-12(7-9-16)15-21(18,19)13-5-2-10-20-13/h2,5,10-12,15H,1,3-4,6-9H2. The van der Waals surface area contributed by atoms with Gasteiger partial charge in [0.2, 0.25) is 15.9 Å². The van der Waals surface area contributed by atoms with Gasteiger partial charge in [0.15, 0.2) is 0 Å². The molecular formula is C14H20N2O3S2. The third kappa shape index (κ3) is 3.30. The predicted molar refractivity (Wildman–Crippen MR) is 81.6 cm³/mol. The number of rotatable bonds is 4. The molecule has 1 aromatic rings. The Labute approximate surface area is 129 Å². The first-order valence-electron chi connectivity index (χ1n) is 7.41. The maximum atomic E-state index is 12.2. The molecule has 1 saturated heterocycles. The zero-order valence-corrected chi connectivity index (χ0v) is 13.5. The summed E-state index contributed by atoms with van der Waals surface area (Å²) < 4.78 is 27.4. The summed E-state index contributed by atoms with van der Waals surface area (Å²) in [6.07, 6.45) is 4.59. The first kappa shape index (κ1) is 15.0. The van der Waals surface area contributed by atoms with E-state index in [-0.39, 0.29) is 17.9 Å². The molecule has 0 atom stereocenters. The summed E-state index contributed by atoms with van der Waals surface area (Å²) in [5, 5.41) is 1.76. The van der Waals surface area contributed by atoms with Crippen LogP contribution in [0.3, 0.4) is 0 Å². The highest BCUT2D eigenvalue weighted by Gasteiger charge is 2.32. The smallest absolute Gasteiger partial charge is 0.250 e. The fourth-order valence-corrected chi connectivity index (χ4v) is 5.14. The summed E-state index contributed by atoms with van der Waals surface area (Å²) in [6.45, 7) is 1.32. The maximum absolute atomic E-state index is 12.2. The van der Waals surface area contributed by atoms with E-state index in [0.29, 0.717) is 30.1 Å². The lowest BCUT2D eigenvalue weighted by Crippen LogP contribution is -2.48. The van der Waals surface area contributed by atoms with Crippen molar-refractivity contribution in [1.82, 2.24) is 9.62 Å². The highest BCUT2D eigenvalue weighted by Crippen LogP contribution is 2.29. The van der Waals surface area contributed by atoms with E-state index in [0.717, 1.165) is 19.3 Å². The minimum atomic E-state index is -3.40. The zero-order valence-electron chi connectivity index (χ0n) is 11.8. The average molecular weight is 328 g/mol. The Morgan fingerprint density at radius 1 is 1.24 bits per heavy atom. The number of amides is 1. The Bertz CT molecular complexity index is 586. The van der Waals surface area contributed by atoms with Crippen molar-refractivity contribution in [1.29, 1.82) is 0 Å². The van der Waals surface area contributed by atoms with Crippen LogP contribution in [-0.2, 0) is 14.8 Å². The van der Waals surface area contributed by atoms with Gasteiger partial charge in [0, 0.05) is 25.0 Å². The number of carbonyl (C=O) groups excluding carboxylic acids is 1. The molecular weight excluding hydrogens is 308 g/mol. The molecule has 2 aliphatic rings. The molecule has 2 fully saturated rings. The van der Waals surface area contributed by atoms with Crippen molar-refractivity contribution in [2.45, 2.75) is 42.4 Å². The van der Waals surface area contributed by atoms with Gasteiger partial charge < -0.3 is 4.90 Å². The number of sulfonamides is 1. The van der Waals surface area contributed by atoms with Crippen LogP contribution in [0.1, 0.15) is 32.1 Å². The van der Waals surface area contributed by atoms with E-state index in [9.17, 15) is 13.2 Å². The van der Waals surface area contributed by atoms with E-state index in [2.05, 4.69) is 4.72 Å². The number of likely N-dealkylation sites (tertiary alicyclic amines) is 1. The third-order valence-electron chi connectivity index (χ3n) is 4.34. The molecule has 1 aliphatic heterocycles. The van der Waals surface area contributed by atoms with Crippen LogP contribution in [0.15, 0.2) is 21.7 Å². The highest BCUT2D eigenvalue weighted by molar-refractivity contribution is 7.91. The molecule has 1 saturated carbocycles. The molecule has 3 rings (SSSR count). The SMILES string of the molecule is O=C(C1CCC1)N1CCC(NS(=O)(=O)c2cccs2)CC1. The van der Waals surface area contributed by atoms with E-state index in [1.807, 2.05) is 4.90 Å². The first-order chi connectivity index (χ1) is 10.1. The predicted octanol–water partition coefficient (Wildman–Crippen LogP) is 1.82.